The molecule has 0 spiro atoms. The minimum atomic E-state index is -0.0539. The minimum absolute atomic E-state index is 0.0539. The van der Waals surface area contributed by atoms with E-state index in [0.717, 1.165) is 4.90 Å². The predicted molar refractivity (Wildman–Crippen MR) is 94.7 cm³/mol. The van der Waals surface area contributed by atoms with Gasteiger partial charge in [-0.2, -0.15) is 0 Å². The summed E-state index contributed by atoms with van der Waals surface area (Å²) in [4.78, 5) is 13.1. The minimum Gasteiger partial charge on any atom is -0.493 e. The second-order valence-corrected chi connectivity index (χ2v) is 6.00. The normalized spacial score (nSPS) is 10.2. The Labute approximate surface area is 141 Å². The Bertz CT molecular complexity index is 656. The van der Waals surface area contributed by atoms with Gasteiger partial charge in [0.05, 0.1) is 19.5 Å². The topological polar surface area (TPSA) is 47.6 Å². The van der Waals surface area contributed by atoms with Gasteiger partial charge in [0, 0.05) is 16.6 Å². The monoisotopic (exact) mass is 331 g/mol. The molecule has 0 aromatic heterocycles. The average molecular weight is 331 g/mol. The number of amides is 1. The van der Waals surface area contributed by atoms with Crippen molar-refractivity contribution in [3.8, 4) is 11.5 Å². The zero-order valence-electron chi connectivity index (χ0n) is 13.6. The molecule has 1 N–H and O–H groups in total. The van der Waals surface area contributed by atoms with Gasteiger partial charge < -0.3 is 14.8 Å². The molecule has 2 rings (SSSR count). The Hall–Kier alpha value is -2.14. The number of anilines is 1. The number of thioether (sulfide) groups is 1. The summed E-state index contributed by atoms with van der Waals surface area (Å²) < 4.78 is 10.7. The Kier molecular flexibility index (Phi) is 6.35. The fraction of sp³-hybridized carbons (Fsp3) is 0.278. The number of methoxy groups -OCH3 is 1. The summed E-state index contributed by atoms with van der Waals surface area (Å²) >= 11 is 1.51. The fourth-order valence-electron chi connectivity index (χ4n) is 2.00. The van der Waals surface area contributed by atoms with E-state index in [0.29, 0.717) is 29.5 Å². The molecule has 0 radical (unpaired) electrons. The maximum absolute atomic E-state index is 12.1. The lowest BCUT2D eigenvalue weighted by Crippen LogP contribution is -2.14. The van der Waals surface area contributed by atoms with Crippen LogP contribution in [0.2, 0.25) is 0 Å². The molecule has 0 heterocycles. The number of carbonyl (C=O) groups excluding carboxylic acids is 1. The highest BCUT2D eigenvalue weighted by atomic mass is 32.2. The largest absolute Gasteiger partial charge is 0.493 e. The molecule has 5 heteroatoms. The highest BCUT2D eigenvalue weighted by Crippen LogP contribution is 2.30. The molecule has 0 unspecified atom stereocenters. The number of carbonyl (C=O) groups is 1. The van der Waals surface area contributed by atoms with Gasteiger partial charge >= 0.3 is 0 Å². The Morgan fingerprint density at radius 2 is 1.87 bits per heavy atom. The van der Waals surface area contributed by atoms with Gasteiger partial charge in [-0.3, -0.25) is 4.79 Å². The number of benzene rings is 2. The maximum atomic E-state index is 12.1. The summed E-state index contributed by atoms with van der Waals surface area (Å²) in [6.07, 6.45) is 0. The molecule has 1 amide bonds. The predicted octanol–water partition coefficient (Wildman–Crippen LogP) is 4.13. The van der Waals surface area contributed by atoms with E-state index >= 15 is 0 Å². The molecule has 23 heavy (non-hydrogen) atoms. The number of hydrogen-bond acceptors (Lipinski definition) is 4. The highest BCUT2D eigenvalue weighted by Gasteiger charge is 2.08. The Balaban J connectivity index is 1.93. The van der Waals surface area contributed by atoms with E-state index in [1.54, 1.807) is 19.2 Å². The van der Waals surface area contributed by atoms with Gasteiger partial charge in [-0.1, -0.05) is 17.7 Å². The van der Waals surface area contributed by atoms with E-state index < -0.39 is 0 Å². The van der Waals surface area contributed by atoms with Crippen molar-refractivity contribution in [2.75, 3.05) is 24.8 Å². The molecule has 2 aromatic carbocycles. The van der Waals surface area contributed by atoms with Crippen molar-refractivity contribution < 1.29 is 14.3 Å². The third-order valence-electron chi connectivity index (χ3n) is 3.14. The SMILES string of the molecule is CCOc1ccc(NC(=O)CSc2ccc(C)cc2)cc1OC. The lowest BCUT2D eigenvalue weighted by Gasteiger charge is -2.11. The van der Waals surface area contributed by atoms with Crippen molar-refractivity contribution in [3.63, 3.8) is 0 Å². The Morgan fingerprint density at radius 1 is 1.13 bits per heavy atom. The summed E-state index contributed by atoms with van der Waals surface area (Å²) in [5.41, 5.74) is 1.90. The van der Waals surface area contributed by atoms with Crippen LogP contribution in [0.3, 0.4) is 0 Å². The second-order valence-electron chi connectivity index (χ2n) is 4.95. The summed E-state index contributed by atoms with van der Waals surface area (Å²) in [5.74, 6) is 1.58. The van der Waals surface area contributed by atoms with Crippen LogP contribution in [-0.2, 0) is 4.79 Å². The van der Waals surface area contributed by atoms with Crippen LogP contribution >= 0.6 is 11.8 Å². The molecule has 122 valence electrons. The van der Waals surface area contributed by atoms with E-state index in [9.17, 15) is 4.79 Å². The molecule has 0 saturated carbocycles. The summed E-state index contributed by atoms with van der Waals surface area (Å²) in [5, 5.41) is 2.87. The molecule has 0 fully saturated rings. The fourth-order valence-corrected chi connectivity index (χ4v) is 2.70. The van der Waals surface area contributed by atoms with Gasteiger partial charge in [-0.05, 0) is 38.1 Å². The lowest BCUT2D eigenvalue weighted by molar-refractivity contribution is -0.113. The van der Waals surface area contributed by atoms with Gasteiger partial charge in [0.2, 0.25) is 5.91 Å². The summed E-state index contributed by atoms with van der Waals surface area (Å²) in [6.45, 7) is 4.52. The van der Waals surface area contributed by atoms with Crippen LogP contribution in [0.5, 0.6) is 11.5 Å². The Morgan fingerprint density at radius 3 is 2.52 bits per heavy atom. The molecule has 0 aliphatic carbocycles. The van der Waals surface area contributed by atoms with E-state index in [1.165, 1.54) is 17.3 Å². The first-order valence-corrected chi connectivity index (χ1v) is 8.41. The highest BCUT2D eigenvalue weighted by molar-refractivity contribution is 8.00. The average Bonchev–Trinajstić information content (AvgIpc) is 2.56. The van der Waals surface area contributed by atoms with Crippen molar-refractivity contribution in [1.82, 2.24) is 0 Å². The number of ether oxygens (including phenoxy) is 2. The molecule has 2 aromatic rings. The van der Waals surface area contributed by atoms with Crippen molar-refractivity contribution >= 4 is 23.4 Å². The van der Waals surface area contributed by atoms with Crippen LogP contribution in [0.15, 0.2) is 47.4 Å². The zero-order chi connectivity index (χ0) is 16.7. The van der Waals surface area contributed by atoms with E-state index in [4.69, 9.17) is 9.47 Å². The van der Waals surface area contributed by atoms with Crippen LogP contribution in [0.25, 0.3) is 0 Å². The molecule has 0 atom stereocenters. The third-order valence-corrected chi connectivity index (χ3v) is 4.15. The maximum Gasteiger partial charge on any atom is 0.234 e. The summed E-state index contributed by atoms with van der Waals surface area (Å²) in [7, 11) is 1.58. The smallest absolute Gasteiger partial charge is 0.234 e. The molecular weight excluding hydrogens is 310 g/mol. The molecule has 0 aliphatic heterocycles. The van der Waals surface area contributed by atoms with Crippen molar-refractivity contribution in [1.29, 1.82) is 0 Å². The molecule has 0 saturated heterocycles. The van der Waals surface area contributed by atoms with Crippen LogP contribution in [-0.4, -0.2) is 25.4 Å². The van der Waals surface area contributed by atoms with Crippen molar-refractivity contribution in [3.05, 3.63) is 48.0 Å². The first-order valence-electron chi connectivity index (χ1n) is 7.42. The second kappa shape index (κ2) is 8.48. The molecule has 0 bridgehead atoms. The van der Waals surface area contributed by atoms with Gasteiger partial charge in [-0.15, -0.1) is 11.8 Å². The standard InChI is InChI=1S/C18H21NO3S/c1-4-22-16-10-7-14(11-17(16)21-3)19-18(20)12-23-15-8-5-13(2)6-9-15/h5-11H,4,12H2,1-3H3,(H,19,20). The number of hydrogen-bond donors (Lipinski definition) is 1. The molecule has 0 aliphatic rings. The van der Waals surface area contributed by atoms with Crippen LogP contribution in [0.1, 0.15) is 12.5 Å². The van der Waals surface area contributed by atoms with E-state index in [-0.39, 0.29) is 5.91 Å². The zero-order valence-corrected chi connectivity index (χ0v) is 14.4. The number of nitrogens with one attached hydrogen (secondary N) is 1. The van der Waals surface area contributed by atoms with Gasteiger partial charge in [-0.25, -0.2) is 0 Å². The third kappa shape index (κ3) is 5.21. The number of rotatable bonds is 7. The van der Waals surface area contributed by atoms with Crippen LogP contribution < -0.4 is 14.8 Å². The van der Waals surface area contributed by atoms with Gasteiger partial charge in [0.1, 0.15) is 0 Å². The van der Waals surface area contributed by atoms with Crippen molar-refractivity contribution in [2.24, 2.45) is 0 Å². The van der Waals surface area contributed by atoms with Gasteiger partial charge in [0.25, 0.3) is 0 Å². The van der Waals surface area contributed by atoms with Crippen molar-refractivity contribution in [2.45, 2.75) is 18.7 Å². The summed E-state index contributed by atoms with van der Waals surface area (Å²) in [6, 6.07) is 13.5. The van der Waals surface area contributed by atoms with E-state index in [2.05, 4.69) is 5.32 Å². The lowest BCUT2D eigenvalue weighted by atomic mass is 10.2. The quantitative estimate of drug-likeness (QED) is 0.775. The van der Waals surface area contributed by atoms with Crippen LogP contribution in [0, 0.1) is 6.92 Å². The van der Waals surface area contributed by atoms with E-state index in [1.807, 2.05) is 44.2 Å². The molecular formula is C18H21NO3S. The first-order chi connectivity index (χ1) is 11.1. The van der Waals surface area contributed by atoms with Crippen LogP contribution in [0.4, 0.5) is 5.69 Å². The number of aryl methyl sites for hydroxylation is 1. The molecule has 4 nitrogen and oxygen atoms in total. The van der Waals surface area contributed by atoms with Gasteiger partial charge in [0.15, 0.2) is 11.5 Å². The first kappa shape index (κ1) is 17.2.